The second-order valence-electron chi connectivity index (χ2n) is 5.20. The average molecular weight is 332 g/mol. The minimum atomic E-state index is -1.02. The van der Waals surface area contributed by atoms with Gasteiger partial charge in [-0.15, -0.1) is 0 Å². The van der Waals surface area contributed by atoms with Crippen LogP contribution < -0.4 is 9.47 Å². The van der Waals surface area contributed by atoms with E-state index in [1.807, 2.05) is 0 Å². The van der Waals surface area contributed by atoms with Crippen molar-refractivity contribution >= 4 is 5.97 Å². The Bertz CT molecular complexity index is 639. The molecule has 0 bridgehead atoms. The maximum Gasteiger partial charge on any atom is 0.324 e. The molecule has 0 amide bonds. The molecule has 0 heterocycles. The highest BCUT2D eigenvalue weighted by Crippen LogP contribution is 2.31. The summed E-state index contributed by atoms with van der Waals surface area (Å²) in [5.41, 5.74) is -0.394. The van der Waals surface area contributed by atoms with Gasteiger partial charge >= 0.3 is 5.97 Å². The first-order chi connectivity index (χ1) is 11.5. The summed E-state index contributed by atoms with van der Waals surface area (Å²) in [4.78, 5) is 12.3. The molecule has 24 heavy (non-hydrogen) atoms. The van der Waals surface area contributed by atoms with Crippen molar-refractivity contribution in [3.05, 3.63) is 35.9 Å². The first kappa shape index (κ1) is 19.6. The molecule has 0 spiro atoms. The summed E-state index contributed by atoms with van der Waals surface area (Å²) in [6.45, 7) is 3.66. The van der Waals surface area contributed by atoms with E-state index >= 15 is 0 Å². The van der Waals surface area contributed by atoms with Crippen LogP contribution in [0.15, 0.2) is 30.4 Å². The number of allylic oxidation sites excluding steroid dienone is 1. The predicted molar refractivity (Wildman–Crippen MR) is 92.0 cm³/mol. The Morgan fingerprint density at radius 3 is 2.62 bits per heavy atom. The first-order valence-electron chi connectivity index (χ1n) is 7.69. The van der Waals surface area contributed by atoms with Gasteiger partial charge in [0, 0.05) is 0 Å². The van der Waals surface area contributed by atoms with Crippen molar-refractivity contribution in [2.24, 2.45) is 5.41 Å². The van der Waals surface area contributed by atoms with Gasteiger partial charge in [0.15, 0.2) is 11.5 Å². The SMILES string of the molecule is CCOC(=O)C(C)(C#Cc1cccc(OC)c1OC)C/C=C/CO. The fourth-order valence-electron chi connectivity index (χ4n) is 2.06. The summed E-state index contributed by atoms with van der Waals surface area (Å²) in [6.07, 6.45) is 3.63. The number of rotatable bonds is 7. The van der Waals surface area contributed by atoms with E-state index < -0.39 is 11.4 Å². The molecule has 0 aliphatic rings. The number of methoxy groups -OCH3 is 2. The number of ether oxygens (including phenoxy) is 3. The third-order valence-corrected chi connectivity index (χ3v) is 3.40. The van der Waals surface area contributed by atoms with Crippen LogP contribution in [-0.2, 0) is 9.53 Å². The zero-order valence-corrected chi connectivity index (χ0v) is 14.6. The highest BCUT2D eigenvalue weighted by Gasteiger charge is 2.31. The molecule has 1 unspecified atom stereocenters. The minimum Gasteiger partial charge on any atom is -0.493 e. The molecule has 0 saturated carbocycles. The minimum absolute atomic E-state index is 0.0873. The molecule has 1 aromatic rings. The van der Waals surface area contributed by atoms with Gasteiger partial charge in [0.25, 0.3) is 0 Å². The van der Waals surface area contributed by atoms with E-state index in [0.717, 1.165) is 0 Å². The molecule has 130 valence electrons. The Labute approximate surface area is 143 Å². The van der Waals surface area contributed by atoms with Gasteiger partial charge in [-0.2, -0.15) is 0 Å². The number of para-hydroxylation sites is 1. The Balaban J connectivity index is 3.23. The van der Waals surface area contributed by atoms with E-state index in [1.54, 1.807) is 51.3 Å². The van der Waals surface area contributed by atoms with Crippen molar-refractivity contribution in [2.45, 2.75) is 20.3 Å². The molecular formula is C19H24O5. The fourth-order valence-corrected chi connectivity index (χ4v) is 2.06. The largest absolute Gasteiger partial charge is 0.493 e. The quantitative estimate of drug-likeness (QED) is 0.472. The molecule has 1 aromatic carbocycles. The lowest BCUT2D eigenvalue weighted by atomic mass is 9.87. The van der Waals surface area contributed by atoms with Gasteiger partial charge in [-0.3, -0.25) is 4.79 Å². The lowest BCUT2D eigenvalue weighted by Gasteiger charge is -2.19. The number of esters is 1. The second kappa shape index (κ2) is 9.64. The molecule has 0 aromatic heterocycles. The second-order valence-corrected chi connectivity index (χ2v) is 5.20. The summed E-state index contributed by atoms with van der Waals surface area (Å²) in [5, 5.41) is 8.87. The topological polar surface area (TPSA) is 65.0 Å². The van der Waals surface area contributed by atoms with Crippen LogP contribution in [0, 0.1) is 17.3 Å². The number of benzene rings is 1. The third-order valence-electron chi connectivity index (χ3n) is 3.40. The summed E-state index contributed by atoms with van der Waals surface area (Å²) in [5.74, 6) is 6.67. The highest BCUT2D eigenvalue weighted by atomic mass is 16.5. The van der Waals surface area contributed by atoms with Crippen molar-refractivity contribution in [3.63, 3.8) is 0 Å². The number of hydrogen-bond acceptors (Lipinski definition) is 5. The molecule has 5 heteroatoms. The molecule has 0 aliphatic carbocycles. The maximum atomic E-state index is 12.3. The van der Waals surface area contributed by atoms with E-state index in [1.165, 1.54) is 7.11 Å². The van der Waals surface area contributed by atoms with Crippen LogP contribution >= 0.6 is 0 Å². The van der Waals surface area contributed by atoms with Crippen molar-refractivity contribution in [1.29, 1.82) is 0 Å². The summed E-state index contributed by atoms with van der Waals surface area (Å²) in [7, 11) is 3.09. The molecule has 0 saturated heterocycles. The smallest absolute Gasteiger partial charge is 0.324 e. The van der Waals surface area contributed by atoms with E-state index in [9.17, 15) is 4.79 Å². The summed E-state index contributed by atoms with van der Waals surface area (Å²) < 4.78 is 15.7. The molecular weight excluding hydrogens is 308 g/mol. The van der Waals surface area contributed by atoms with Crippen molar-refractivity contribution in [1.82, 2.24) is 0 Å². The molecule has 0 radical (unpaired) electrons. The van der Waals surface area contributed by atoms with Crippen LogP contribution in [0.2, 0.25) is 0 Å². The van der Waals surface area contributed by atoms with Gasteiger partial charge in [-0.25, -0.2) is 0 Å². The van der Waals surface area contributed by atoms with Crippen molar-refractivity contribution in [2.75, 3.05) is 27.4 Å². The van der Waals surface area contributed by atoms with Gasteiger partial charge in [-0.1, -0.05) is 30.1 Å². The third kappa shape index (κ3) is 5.04. The Morgan fingerprint density at radius 2 is 2.04 bits per heavy atom. The van der Waals surface area contributed by atoms with Gasteiger partial charge in [-0.05, 0) is 32.4 Å². The molecule has 1 rings (SSSR count). The normalized spacial score (nSPS) is 12.9. The van der Waals surface area contributed by atoms with Crippen LogP contribution in [0.3, 0.4) is 0 Å². The maximum absolute atomic E-state index is 12.3. The molecule has 0 aliphatic heterocycles. The first-order valence-corrected chi connectivity index (χ1v) is 7.69. The van der Waals surface area contributed by atoms with Crippen molar-refractivity contribution in [3.8, 4) is 23.3 Å². The number of aliphatic hydroxyl groups is 1. The molecule has 5 nitrogen and oxygen atoms in total. The van der Waals surface area contributed by atoms with E-state index in [4.69, 9.17) is 19.3 Å². The summed E-state index contributed by atoms with van der Waals surface area (Å²) >= 11 is 0. The Morgan fingerprint density at radius 1 is 1.29 bits per heavy atom. The van der Waals surface area contributed by atoms with Crippen molar-refractivity contribution < 1.29 is 24.1 Å². The van der Waals surface area contributed by atoms with Gasteiger partial charge in [0.2, 0.25) is 0 Å². The van der Waals surface area contributed by atoms with E-state index in [2.05, 4.69) is 11.8 Å². The van der Waals surface area contributed by atoms with Crippen LogP contribution in [0.1, 0.15) is 25.8 Å². The van der Waals surface area contributed by atoms with Gasteiger partial charge in [0.05, 0.1) is 33.0 Å². The predicted octanol–water partition coefficient (Wildman–Crippen LogP) is 2.56. The zero-order valence-electron chi connectivity index (χ0n) is 14.6. The highest BCUT2D eigenvalue weighted by molar-refractivity contribution is 5.80. The fraction of sp³-hybridized carbons (Fsp3) is 0.421. The zero-order chi connectivity index (χ0) is 18.0. The molecule has 0 fully saturated rings. The number of aliphatic hydroxyl groups excluding tert-OH is 1. The van der Waals surface area contributed by atoms with Crippen LogP contribution in [0.4, 0.5) is 0 Å². The van der Waals surface area contributed by atoms with Crippen LogP contribution in [0.25, 0.3) is 0 Å². The van der Waals surface area contributed by atoms with Gasteiger partial charge < -0.3 is 19.3 Å². The number of hydrogen-bond donors (Lipinski definition) is 1. The standard InChI is InChI=1S/C19H24O5/c1-5-24-18(21)19(2,12-6-7-14-20)13-11-15-9-8-10-16(22-3)17(15)23-4/h6-10,20H,5,12,14H2,1-4H3/b7-6+. The van der Waals surface area contributed by atoms with E-state index in [0.29, 0.717) is 23.5 Å². The Kier molecular flexibility index (Phi) is 7.87. The lowest BCUT2D eigenvalue weighted by Crippen LogP contribution is -2.28. The number of carbonyl (C=O) groups is 1. The van der Waals surface area contributed by atoms with Gasteiger partial charge in [0.1, 0.15) is 5.41 Å². The summed E-state index contributed by atoms with van der Waals surface area (Å²) in [6, 6.07) is 5.38. The molecule has 1 N–H and O–H groups in total. The average Bonchev–Trinajstić information content (AvgIpc) is 2.59. The van der Waals surface area contributed by atoms with E-state index in [-0.39, 0.29) is 13.2 Å². The number of carbonyl (C=O) groups excluding carboxylic acids is 1. The lowest BCUT2D eigenvalue weighted by molar-refractivity contribution is -0.150. The van der Waals surface area contributed by atoms with Crippen LogP contribution in [0.5, 0.6) is 11.5 Å². The Hall–Kier alpha value is -2.45. The molecule has 1 atom stereocenters. The van der Waals surface area contributed by atoms with Crippen LogP contribution in [-0.4, -0.2) is 38.5 Å². The monoisotopic (exact) mass is 332 g/mol.